The third-order valence-electron chi connectivity index (χ3n) is 3.58. The summed E-state index contributed by atoms with van der Waals surface area (Å²) >= 11 is 5.14. The highest BCUT2D eigenvalue weighted by Gasteiger charge is 2.07. The summed E-state index contributed by atoms with van der Waals surface area (Å²) in [5.74, 6) is -2.14. The van der Waals surface area contributed by atoms with Gasteiger partial charge in [-0.05, 0) is 67.4 Å². The van der Waals surface area contributed by atoms with Crippen molar-refractivity contribution in [3.63, 3.8) is 0 Å². The number of carbonyl (C=O) groups is 1. The highest BCUT2D eigenvalue weighted by molar-refractivity contribution is 7.80. The first kappa shape index (κ1) is 18.8. The van der Waals surface area contributed by atoms with Gasteiger partial charge >= 0.3 is 0 Å². The molecule has 0 spiro atoms. The van der Waals surface area contributed by atoms with Gasteiger partial charge in [0.05, 0.1) is 0 Å². The minimum atomic E-state index is -0.921. The predicted molar refractivity (Wildman–Crippen MR) is 98.1 cm³/mol. The van der Waals surface area contributed by atoms with E-state index in [0.717, 1.165) is 28.9 Å². The fourth-order valence-corrected chi connectivity index (χ4v) is 2.33. The van der Waals surface area contributed by atoms with Gasteiger partial charge in [0.25, 0.3) is 0 Å². The van der Waals surface area contributed by atoms with Crippen LogP contribution < -0.4 is 16.2 Å². The number of anilines is 1. The molecule has 4 nitrogen and oxygen atoms in total. The number of amides is 1. The largest absolute Gasteiger partial charge is 0.331 e. The SMILES string of the molecule is Cc1ccc(C)c(NC(=S)NNC(=O)CCc2ccc(F)c(F)c2)c1. The molecule has 0 bridgehead atoms. The standard InChI is InChI=1S/C18H19F2N3OS/c1-11-3-4-12(2)16(9-11)21-18(25)23-22-17(24)8-6-13-5-7-14(19)15(20)10-13/h3-5,7,9-10H,6,8H2,1-2H3,(H,22,24)(H2,21,23,25). The van der Waals surface area contributed by atoms with Crippen molar-refractivity contribution in [2.75, 3.05) is 5.32 Å². The Bertz CT molecular complexity index is 796. The second-order valence-corrected chi connectivity index (χ2v) is 6.10. The van der Waals surface area contributed by atoms with Crippen LogP contribution in [0, 0.1) is 25.5 Å². The summed E-state index contributed by atoms with van der Waals surface area (Å²) in [7, 11) is 0. The number of aryl methyl sites for hydroxylation is 3. The van der Waals surface area contributed by atoms with Crippen molar-refractivity contribution in [1.82, 2.24) is 10.9 Å². The highest BCUT2D eigenvalue weighted by Crippen LogP contribution is 2.16. The number of halogens is 2. The van der Waals surface area contributed by atoms with E-state index in [1.165, 1.54) is 6.07 Å². The lowest BCUT2D eigenvalue weighted by molar-refractivity contribution is -0.121. The molecule has 25 heavy (non-hydrogen) atoms. The van der Waals surface area contributed by atoms with Crippen LogP contribution in [0.15, 0.2) is 36.4 Å². The Labute approximate surface area is 150 Å². The minimum absolute atomic E-state index is 0.115. The van der Waals surface area contributed by atoms with Crippen molar-refractivity contribution < 1.29 is 13.6 Å². The maximum atomic E-state index is 13.1. The van der Waals surface area contributed by atoms with Crippen LogP contribution in [0.4, 0.5) is 14.5 Å². The van der Waals surface area contributed by atoms with Gasteiger partial charge in [-0.25, -0.2) is 8.78 Å². The Morgan fingerprint density at radius 1 is 1.04 bits per heavy atom. The Hall–Kier alpha value is -2.54. The third kappa shape index (κ3) is 5.79. The Balaban J connectivity index is 1.78. The number of carbonyl (C=O) groups excluding carboxylic acids is 1. The number of hydrogen-bond donors (Lipinski definition) is 3. The monoisotopic (exact) mass is 363 g/mol. The maximum absolute atomic E-state index is 13.1. The summed E-state index contributed by atoms with van der Waals surface area (Å²) in [6.07, 6.45) is 0.409. The number of hydrogen-bond acceptors (Lipinski definition) is 2. The Kier molecular flexibility index (Phi) is 6.41. The van der Waals surface area contributed by atoms with Crippen molar-refractivity contribution >= 4 is 28.9 Å². The predicted octanol–water partition coefficient (Wildman–Crippen LogP) is 3.53. The molecule has 0 aliphatic rings. The van der Waals surface area contributed by atoms with Crippen LogP contribution >= 0.6 is 12.2 Å². The molecule has 0 atom stereocenters. The average molecular weight is 363 g/mol. The summed E-state index contributed by atoms with van der Waals surface area (Å²) in [4.78, 5) is 11.8. The topological polar surface area (TPSA) is 53.2 Å². The first-order chi connectivity index (χ1) is 11.8. The van der Waals surface area contributed by atoms with Crippen LogP contribution in [-0.2, 0) is 11.2 Å². The van der Waals surface area contributed by atoms with E-state index in [0.29, 0.717) is 12.0 Å². The van der Waals surface area contributed by atoms with Gasteiger partial charge in [0.1, 0.15) is 0 Å². The molecule has 1 amide bonds. The Morgan fingerprint density at radius 3 is 2.52 bits per heavy atom. The molecule has 0 saturated carbocycles. The lowest BCUT2D eigenvalue weighted by Crippen LogP contribution is -2.43. The lowest BCUT2D eigenvalue weighted by atomic mass is 10.1. The summed E-state index contributed by atoms with van der Waals surface area (Å²) in [6.45, 7) is 3.92. The van der Waals surface area contributed by atoms with E-state index in [4.69, 9.17) is 12.2 Å². The summed E-state index contributed by atoms with van der Waals surface area (Å²) in [6, 6.07) is 9.50. The second-order valence-electron chi connectivity index (χ2n) is 5.69. The Morgan fingerprint density at radius 2 is 1.80 bits per heavy atom. The van der Waals surface area contributed by atoms with Crippen LogP contribution in [0.3, 0.4) is 0 Å². The highest BCUT2D eigenvalue weighted by atomic mass is 32.1. The van der Waals surface area contributed by atoms with E-state index in [1.807, 2.05) is 32.0 Å². The number of benzene rings is 2. The first-order valence-corrected chi connectivity index (χ1v) is 8.13. The molecule has 0 saturated heterocycles. The molecule has 0 aromatic heterocycles. The zero-order valence-corrected chi connectivity index (χ0v) is 14.8. The van der Waals surface area contributed by atoms with Gasteiger partial charge in [-0.1, -0.05) is 18.2 Å². The van der Waals surface area contributed by atoms with Crippen molar-refractivity contribution in [2.24, 2.45) is 0 Å². The van der Waals surface area contributed by atoms with Gasteiger partial charge < -0.3 is 5.32 Å². The van der Waals surface area contributed by atoms with Crippen molar-refractivity contribution in [3.8, 4) is 0 Å². The van der Waals surface area contributed by atoms with Gasteiger partial charge in [-0.2, -0.15) is 0 Å². The molecule has 0 fully saturated rings. The molecule has 0 aliphatic carbocycles. The molecule has 2 rings (SSSR count). The summed E-state index contributed by atoms with van der Waals surface area (Å²) in [5, 5.41) is 3.27. The zero-order valence-electron chi connectivity index (χ0n) is 14.0. The molecule has 2 aromatic rings. The van der Waals surface area contributed by atoms with Crippen molar-refractivity contribution in [1.29, 1.82) is 0 Å². The van der Waals surface area contributed by atoms with Gasteiger partial charge in [-0.15, -0.1) is 0 Å². The summed E-state index contributed by atoms with van der Waals surface area (Å²) < 4.78 is 26.0. The quantitative estimate of drug-likeness (QED) is 0.575. The number of rotatable bonds is 4. The van der Waals surface area contributed by atoms with E-state index >= 15 is 0 Å². The molecule has 0 heterocycles. The molecule has 132 valence electrons. The van der Waals surface area contributed by atoms with Gasteiger partial charge in [-0.3, -0.25) is 15.6 Å². The van der Waals surface area contributed by atoms with E-state index in [9.17, 15) is 13.6 Å². The minimum Gasteiger partial charge on any atom is -0.331 e. The molecular weight excluding hydrogens is 344 g/mol. The maximum Gasteiger partial charge on any atom is 0.238 e. The first-order valence-electron chi connectivity index (χ1n) is 7.72. The van der Waals surface area contributed by atoms with Crippen LogP contribution in [0.2, 0.25) is 0 Å². The molecule has 3 N–H and O–H groups in total. The molecule has 0 aliphatic heterocycles. The second kappa shape index (κ2) is 8.53. The fraction of sp³-hybridized carbons (Fsp3) is 0.222. The number of nitrogens with one attached hydrogen (secondary N) is 3. The van der Waals surface area contributed by atoms with Gasteiger partial charge in [0, 0.05) is 12.1 Å². The van der Waals surface area contributed by atoms with Crippen LogP contribution in [0.1, 0.15) is 23.1 Å². The smallest absolute Gasteiger partial charge is 0.238 e. The van der Waals surface area contributed by atoms with Crippen LogP contribution in [-0.4, -0.2) is 11.0 Å². The normalized spacial score (nSPS) is 10.2. The molecule has 2 aromatic carbocycles. The summed E-state index contributed by atoms with van der Waals surface area (Å²) in [5.41, 5.74) is 8.61. The average Bonchev–Trinajstić information content (AvgIpc) is 2.57. The molecule has 0 radical (unpaired) electrons. The molecule has 7 heteroatoms. The lowest BCUT2D eigenvalue weighted by Gasteiger charge is -2.14. The van der Waals surface area contributed by atoms with E-state index in [-0.39, 0.29) is 17.4 Å². The van der Waals surface area contributed by atoms with E-state index < -0.39 is 11.6 Å². The van der Waals surface area contributed by atoms with Gasteiger partial charge in [0.2, 0.25) is 5.91 Å². The number of hydrazine groups is 1. The zero-order chi connectivity index (χ0) is 18.4. The van der Waals surface area contributed by atoms with Crippen molar-refractivity contribution in [2.45, 2.75) is 26.7 Å². The van der Waals surface area contributed by atoms with Crippen LogP contribution in [0.5, 0.6) is 0 Å². The van der Waals surface area contributed by atoms with E-state index in [1.54, 1.807) is 0 Å². The number of thiocarbonyl (C=S) groups is 1. The fourth-order valence-electron chi connectivity index (χ4n) is 2.17. The van der Waals surface area contributed by atoms with Crippen LogP contribution in [0.25, 0.3) is 0 Å². The molecular formula is C18H19F2N3OS. The third-order valence-corrected chi connectivity index (χ3v) is 3.79. The molecule has 0 unspecified atom stereocenters. The van der Waals surface area contributed by atoms with Gasteiger partial charge in [0.15, 0.2) is 16.7 Å². The van der Waals surface area contributed by atoms with E-state index in [2.05, 4.69) is 16.2 Å². The van der Waals surface area contributed by atoms with Crippen molar-refractivity contribution in [3.05, 3.63) is 64.7 Å².